The number of nitrogens with zero attached hydrogens (tertiary/aromatic N) is 1. The number of para-hydroxylation sites is 1. The lowest BCUT2D eigenvalue weighted by Crippen LogP contribution is -2.25. The second-order valence-corrected chi connectivity index (χ2v) is 8.94. The second-order valence-electron chi connectivity index (χ2n) is 7.89. The molecule has 0 saturated heterocycles. The Kier molecular flexibility index (Phi) is 6.18. The quantitative estimate of drug-likeness (QED) is 0.389. The van der Waals surface area contributed by atoms with Gasteiger partial charge in [0.2, 0.25) is 0 Å². The minimum atomic E-state index is -0.387. The van der Waals surface area contributed by atoms with E-state index in [0.29, 0.717) is 0 Å². The van der Waals surface area contributed by atoms with Crippen LogP contribution < -0.4 is 4.90 Å². The van der Waals surface area contributed by atoms with E-state index in [1.807, 2.05) is 49.2 Å². The first-order chi connectivity index (χ1) is 13.7. The first kappa shape index (κ1) is 21.2. The summed E-state index contributed by atoms with van der Waals surface area (Å²) in [5.74, 6) is -0.414. The molecule has 0 spiro atoms. The summed E-state index contributed by atoms with van der Waals surface area (Å²) in [6, 6.07) is 14.2. The van der Waals surface area contributed by atoms with Gasteiger partial charge in [-0.15, -0.1) is 11.8 Å². The third-order valence-electron chi connectivity index (χ3n) is 5.45. The molecule has 0 radical (unpaired) electrons. The van der Waals surface area contributed by atoms with Gasteiger partial charge in [0.05, 0.1) is 5.75 Å². The number of hydrogen-bond acceptors (Lipinski definition) is 5. The number of ether oxygens (including phenoxy) is 1. The third kappa shape index (κ3) is 4.56. The molecule has 0 N–H and O–H groups in total. The number of fused-ring (bicyclic) bond motifs is 1. The molecule has 2 aromatic carbocycles. The highest BCUT2D eigenvalue weighted by atomic mass is 32.2. The maximum Gasteiger partial charge on any atom is 0.316 e. The highest BCUT2D eigenvalue weighted by molar-refractivity contribution is 8.00. The third-order valence-corrected chi connectivity index (χ3v) is 6.42. The van der Waals surface area contributed by atoms with Gasteiger partial charge in [-0.05, 0) is 48.7 Å². The average molecular weight is 410 g/mol. The lowest BCUT2D eigenvalue weighted by atomic mass is 9.83. The van der Waals surface area contributed by atoms with Crippen molar-refractivity contribution in [3.63, 3.8) is 0 Å². The van der Waals surface area contributed by atoms with Crippen LogP contribution in [0.5, 0.6) is 0 Å². The predicted octanol–water partition coefficient (Wildman–Crippen LogP) is 4.82. The van der Waals surface area contributed by atoms with Gasteiger partial charge < -0.3 is 9.64 Å². The monoisotopic (exact) mass is 409 g/mol. The molecule has 3 rings (SSSR count). The number of hydrogen-bond donors (Lipinski definition) is 0. The molecule has 2 aromatic rings. The maximum atomic E-state index is 12.5. The predicted molar refractivity (Wildman–Crippen MR) is 119 cm³/mol. The first-order valence-electron chi connectivity index (χ1n) is 9.64. The van der Waals surface area contributed by atoms with E-state index >= 15 is 0 Å². The molecule has 0 amide bonds. The summed E-state index contributed by atoms with van der Waals surface area (Å²) < 4.78 is 5.20. The van der Waals surface area contributed by atoms with Crippen LogP contribution in [0.2, 0.25) is 0 Å². The fraction of sp³-hybridized carbons (Fsp3) is 0.333. The van der Waals surface area contributed by atoms with E-state index in [0.717, 1.165) is 16.3 Å². The van der Waals surface area contributed by atoms with Gasteiger partial charge in [0.1, 0.15) is 0 Å². The molecular weight excluding hydrogens is 382 g/mol. The molecule has 29 heavy (non-hydrogen) atoms. The van der Waals surface area contributed by atoms with E-state index in [2.05, 4.69) is 32.9 Å². The van der Waals surface area contributed by atoms with E-state index in [1.165, 1.54) is 28.5 Å². The summed E-state index contributed by atoms with van der Waals surface area (Å²) in [6.07, 6.45) is 1.60. The summed E-state index contributed by atoms with van der Waals surface area (Å²) in [6.45, 7) is 8.06. The molecule has 0 fully saturated rings. The van der Waals surface area contributed by atoms with Crippen molar-refractivity contribution in [1.29, 1.82) is 0 Å². The zero-order valence-corrected chi connectivity index (χ0v) is 18.4. The molecular formula is C24H27NO3S. The summed E-state index contributed by atoms with van der Waals surface area (Å²) in [5, 5.41) is 0. The van der Waals surface area contributed by atoms with E-state index in [1.54, 1.807) is 6.08 Å². The molecule has 0 unspecified atom stereocenters. The molecule has 0 atom stereocenters. The van der Waals surface area contributed by atoms with Crippen LogP contribution in [0.4, 0.5) is 5.69 Å². The Morgan fingerprint density at radius 3 is 2.52 bits per heavy atom. The number of rotatable bonds is 6. The highest BCUT2D eigenvalue weighted by Crippen LogP contribution is 2.46. The summed E-state index contributed by atoms with van der Waals surface area (Å²) >= 11 is 1.42. The number of anilines is 1. The fourth-order valence-corrected chi connectivity index (χ4v) is 4.38. The van der Waals surface area contributed by atoms with Crippen molar-refractivity contribution in [1.82, 2.24) is 0 Å². The van der Waals surface area contributed by atoms with Gasteiger partial charge in [-0.3, -0.25) is 9.59 Å². The van der Waals surface area contributed by atoms with Crippen LogP contribution in [0, 0.1) is 13.8 Å². The topological polar surface area (TPSA) is 46.6 Å². The van der Waals surface area contributed by atoms with Crippen molar-refractivity contribution >= 4 is 29.2 Å². The molecule has 152 valence electrons. The van der Waals surface area contributed by atoms with Crippen molar-refractivity contribution in [2.75, 3.05) is 24.3 Å². The maximum absolute atomic E-state index is 12.5. The number of likely N-dealkylation sites (N-methyl/N-ethyl adjacent to an activating group) is 1. The van der Waals surface area contributed by atoms with Crippen molar-refractivity contribution in [2.24, 2.45) is 0 Å². The van der Waals surface area contributed by atoms with Crippen LogP contribution in [-0.4, -0.2) is 31.2 Å². The molecule has 1 aliphatic heterocycles. The molecule has 1 aliphatic rings. The zero-order valence-electron chi connectivity index (χ0n) is 17.6. The normalized spacial score (nSPS) is 16.0. The Labute approximate surface area is 176 Å². The summed E-state index contributed by atoms with van der Waals surface area (Å²) in [4.78, 5) is 27.6. The zero-order chi connectivity index (χ0) is 21.2. The number of aryl methyl sites for hydroxylation is 2. The minimum Gasteiger partial charge on any atom is -0.457 e. The van der Waals surface area contributed by atoms with Crippen molar-refractivity contribution < 1.29 is 14.3 Å². The number of carbonyl (C=O) groups excluding carboxylic acids is 2. The smallest absolute Gasteiger partial charge is 0.316 e. The van der Waals surface area contributed by atoms with E-state index in [-0.39, 0.29) is 29.5 Å². The number of benzene rings is 2. The SMILES string of the molecule is Cc1ccc(SCC(=O)OCC(=O)C=C2N(C)c3ccccc3C2(C)C)cc1C. The van der Waals surface area contributed by atoms with Gasteiger partial charge in [-0.2, -0.15) is 0 Å². The number of carbonyl (C=O) groups is 2. The van der Waals surface area contributed by atoms with Gasteiger partial charge in [-0.25, -0.2) is 0 Å². The largest absolute Gasteiger partial charge is 0.457 e. The lowest BCUT2D eigenvalue weighted by molar-refractivity contribution is -0.144. The molecule has 0 bridgehead atoms. The molecule has 0 aromatic heterocycles. The second kappa shape index (κ2) is 8.46. The standard InChI is InChI=1S/C24H27NO3S/c1-16-10-11-19(12-17(16)2)29-15-23(27)28-14-18(26)13-22-24(3,4)20-8-6-7-9-21(20)25(22)5/h6-13H,14-15H2,1-5H3. The van der Waals surface area contributed by atoms with Gasteiger partial charge in [0.15, 0.2) is 12.4 Å². The molecule has 1 heterocycles. The van der Waals surface area contributed by atoms with Crippen LogP contribution >= 0.6 is 11.8 Å². The Morgan fingerprint density at radius 1 is 1.10 bits per heavy atom. The Morgan fingerprint density at radius 2 is 1.83 bits per heavy atom. The molecule has 0 aliphatic carbocycles. The Hall–Kier alpha value is -2.53. The Balaban J connectivity index is 1.57. The fourth-order valence-electron chi connectivity index (χ4n) is 3.59. The van der Waals surface area contributed by atoms with E-state index in [4.69, 9.17) is 4.74 Å². The van der Waals surface area contributed by atoms with E-state index < -0.39 is 0 Å². The van der Waals surface area contributed by atoms with Gasteiger partial charge in [0, 0.05) is 34.8 Å². The molecule has 4 nitrogen and oxygen atoms in total. The van der Waals surface area contributed by atoms with Crippen LogP contribution in [0.25, 0.3) is 0 Å². The van der Waals surface area contributed by atoms with Gasteiger partial charge >= 0.3 is 5.97 Å². The summed E-state index contributed by atoms with van der Waals surface area (Å²) in [5.41, 5.74) is 5.32. The highest BCUT2D eigenvalue weighted by Gasteiger charge is 2.38. The number of thioether (sulfide) groups is 1. The van der Waals surface area contributed by atoms with Crippen molar-refractivity contribution in [3.05, 3.63) is 70.9 Å². The summed E-state index contributed by atoms with van der Waals surface area (Å²) in [7, 11) is 1.96. The van der Waals surface area contributed by atoms with Crippen LogP contribution in [-0.2, 0) is 19.7 Å². The first-order valence-corrected chi connectivity index (χ1v) is 10.6. The number of allylic oxidation sites excluding steroid dienone is 1. The van der Waals surface area contributed by atoms with Crippen molar-refractivity contribution in [3.8, 4) is 0 Å². The van der Waals surface area contributed by atoms with Gasteiger partial charge in [0.25, 0.3) is 0 Å². The lowest BCUT2D eigenvalue weighted by Gasteiger charge is -2.23. The molecule has 0 saturated carbocycles. The number of ketones is 1. The Bertz CT molecular complexity index is 978. The minimum absolute atomic E-state index is 0.184. The van der Waals surface area contributed by atoms with Crippen molar-refractivity contribution in [2.45, 2.75) is 38.0 Å². The van der Waals surface area contributed by atoms with Crippen LogP contribution in [0.15, 0.2) is 59.1 Å². The van der Waals surface area contributed by atoms with E-state index in [9.17, 15) is 9.59 Å². The molecule has 5 heteroatoms. The van der Waals surface area contributed by atoms with Gasteiger partial charge in [-0.1, -0.05) is 38.1 Å². The average Bonchev–Trinajstić information content (AvgIpc) is 2.88. The van der Waals surface area contributed by atoms with Crippen LogP contribution in [0.3, 0.4) is 0 Å². The van der Waals surface area contributed by atoms with Crippen LogP contribution in [0.1, 0.15) is 30.5 Å². The number of esters is 1.